The van der Waals surface area contributed by atoms with Gasteiger partial charge in [0.25, 0.3) is 0 Å². The molecular weight excluding hydrogens is 242 g/mol. The van der Waals surface area contributed by atoms with Crippen molar-refractivity contribution in [1.29, 1.82) is 0 Å². The van der Waals surface area contributed by atoms with Crippen molar-refractivity contribution < 1.29 is 4.74 Å². The van der Waals surface area contributed by atoms with Crippen LogP contribution < -0.4 is 0 Å². The van der Waals surface area contributed by atoms with E-state index in [-0.39, 0.29) is 5.60 Å². The zero-order valence-electron chi connectivity index (χ0n) is 10.3. The van der Waals surface area contributed by atoms with E-state index in [1.165, 1.54) is 0 Å². The number of aryl methyl sites for hydroxylation is 1. The molecule has 0 radical (unpaired) electrons. The molecule has 0 fully saturated rings. The lowest BCUT2D eigenvalue weighted by Crippen LogP contribution is -2.23. The summed E-state index contributed by atoms with van der Waals surface area (Å²) in [6, 6.07) is 0. The van der Waals surface area contributed by atoms with Crippen LogP contribution >= 0.6 is 22.9 Å². The van der Waals surface area contributed by atoms with Gasteiger partial charge in [-0.3, -0.25) is 0 Å². The van der Waals surface area contributed by atoms with Crippen LogP contribution in [0.1, 0.15) is 44.3 Å². The number of hydrogen-bond donors (Lipinski definition) is 0. The quantitative estimate of drug-likeness (QED) is 0.546. The van der Waals surface area contributed by atoms with Crippen molar-refractivity contribution in [3.05, 3.63) is 16.1 Å². The van der Waals surface area contributed by atoms with Crippen LogP contribution in [0.3, 0.4) is 0 Å². The molecule has 1 rings (SSSR count). The summed E-state index contributed by atoms with van der Waals surface area (Å²) >= 11 is 7.39. The van der Waals surface area contributed by atoms with Crippen LogP contribution in [0.25, 0.3) is 0 Å². The summed E-state index contributed by atoms with van der Waals surface area (Å²) in [7, 11) is 0. The third kappa shape index (κ3) is 4.81. The van der Waals surface area contributed by atoms with Crippen molar-refractivity contribution in [1.82, 2.24) is 4.98 Å². The van der Waals surface area contributed by atoms with Crippen LogP contribution in [0, 0.1) is 0 Å². The normalized spacial score (nSPS) is 12.0. The molecule has 0 aliphatic rings. The van der Waals surface area contributed by atoms with E-state index in [4.69, 9.17) is 16.3 Å². The number of hydrogen-bond acceptors (Lipinski definition) is 3. The summed E-state index contributed by atoms with van der Waals surface area (Å²) < 4.78 is 5.78. The fraction of sp³-hybridized carbons (Fsp3) is 0.750. The zero-order valence-corrected chi connectivity index (χ0v) is 11.8. The van der Waals surface area contributed by atoms with Gasteiger partial charge in [0.15, 0.2) is 0 Å². The van der Waals surface area contributed by atoms with Crippen molar-refractivity contribution >= 4 is 22.9 Å². The Bertz CT molecular complexity index is 312. The summed E-state index contributed by atoms with van der Waals surface area (Å²) in [5.41, 5.74) is 0.987. The number of rotatable bonds is 7. The second kappa shape index (κ2) is 6.58. The highest BCUT2D eigenvalue weighted by Crippen LogP contribution is 2.16. The van der Waals surface area contributed by atoms with E-state index in [1.54, 1.807) is 11.3 Å². The second-order valence-corrected chi connectivity index (χ2v) is 5.64. The van der Waals surface area contributed by atoms with Gasteiger partial charge >= 0.3 is 0 Å². The molecule has 0 atom stereocenters. The number of nitrogens with zero attached hydrogens (tertiary/aromatic N) is 1. The molecule has 4 heteroatoms. The number of alkyl halides is 1. The van der Waals surface area contributed by atoms with Gasteiger partial charge in [0, 0.05) is 18.4 Å². The van der Waals surface area contributed by atoms with Crippen molar-refractivity contribution in [2.75, 3.05) is 6.61 Å². The van der Waals surface area contributed by atoms with E-state index in [9.17, 15) is 0 Å². The molecule has 1 aromatic heterocycles. The van der Waals surface area contributed by atoms with Crippen LogP contribution in [0.2, 0.25) is 0 Å². The fourth-order valence-electron chi connectivity index (χ4n) is 1.20. The summed E-state index contributed by atoms with van der Waals surface area (Å²) in [5.74, 6) is 0.510. The van der Waals surface area contributed by atoms with Crippen LogP contribution in [0.5, 0.6) is 0 Å². The largest absolute Gasteiger partial charge is 0.376 e. The molecule has 16 heavy (non-hydrogen) atoms. The highest BCUT2D eigenvalue weighted by atomic mass is 35.5. The summed E-state index contributed by atoms with van der Waals surface area (Å²) in [5, 5.41) is 3.19. The average Bonchev–Trinajstić information content (AvgIpc) is 2.72. The highest BCUT2D eigenvalue weighted by molar-refractivity contribution is 7.09. The van der Waals surface area contributed by atoms with E-state index in [0.29, 0.717) is 5.88 Å². The number of thiazole rings is 1. The number of aromatic nitrogens is 1. The Morgan fingerprint density at radius 1 is 1.50 bits per heavy atom. The maximum atomic E-state index is 5.78. The Morgan fingerprint density at radius 2 is 2.25 bits per heavy atom. The van der Waals surface area contributed by atoms with Crippen molar-refractivity contribution in [3.8, 4) is 0 Å². The van der Waals surface area contributed by atoms with Crippen molar-refractivity contribution in [2.45, 2.75) is 51.5 Å². The molecule has 0 saturated carbocycles. The van der Waals surface area contributed by atoms with E-state index >= 15 is 0 Å². The molecule has 0 amide bonds. The molecule has 1 aromatic rings. The lowest BCUT2D eigenvalue weighted by molar-refractivity contribution is -0.0208. The maximum Gasteiger partial charge on any atom is 0.0929 e. The van der Waals surface area contributed by atoms with Gasteiger partial charge < -0.3 is 4.74 Å². The SMILES string of the molecule is CCC(C)(C)OCCCc1nc(CCl)cs1. The predicted octanol–water partition coefficient (Wildman–Crippen LogP) is 4.02. The van der Waals surface area contributed by atoms with Crippen LogP contribution in [0.4, 0.5) is 0 Å². The molecular formula is C12H20ClNOS. The van der Waals surface area contributed by atoms with Gasteiger partial charge in [-0.1, -0.05) is 6.92 Å². The lowest BCUT2D eigenvalue weighted by atomic mass is 10.1. The van der Waals surface area contributed by atoms with E-state index in [2.05, 4.69) is 25.8 Å². The molecule has 92 valence electrons. The minimum Gasteiger partial charge on any atom is -0.376 e. The first-order valence-corrected chi connectivity index (χ1v) is 7.12. The van der Waals surface area contributed by atoms with Gasteiger partial charge in [0.1, 0.15) is 0 Å². The van der Waals surface area contributed by atoms with Crippen LogP contribution in [-0.2, 0) is 17.0 Å². The Balaban J connectivity index is 2.20. The molecule has 0 aliphatic heterocycles. The van der Waals surface area contributed by atoms with E-state index in [0.717, 1.165) is 36.6 Å². The maximum absolute atomic E-state index is 5.78. The topological polar surface area (TPSA) is 22.1 Å². The first kappa shape index (κ1) is 13.9. The van der Waals surface area contributed by atoms with Gasteiger partial charge in [0.05, 0.1) is 22.2 Å². The monoisotopic (exact) mass is 261 g/mol. The van der Waals surface area contributed by atoms with Gasteiger partial charge in [-0.05, 0) is 26.7 Å². The molecule has 1 heterocycles. The minimum absolute atomic E-state index is 0.00414. The molecule has 2 nitrogen and oxygen atoms in total. The smallest absolute Gasteiger partial charge is 0.0929 e. The third-order valence-corrected chi connectivity index (χ3v) is 3.85. The molecule has 0 aromatic carbocycles. The lowest BCUT2D eigenvalue weighted by Gasteiger charge is -2.23. The van der Waals surface area contributed by atoms with Crippen molar-refractivity contribution in [2.24, 2.45) is 0 Å². The van der Waals surface area contributed by atoms with Gasteiger partial charge in [-0.15, -0.1) is 22.9 Å². The summed E-state index contributed by atoms with van der Waals surface area (Å²) in [4.78, 5) is 4.41. The molecule has 0 saturated heterocycles. The minimum atomic E-state index is 0.00414. The highest BCUT2D eigenvalue weighted by Gasteiger charge is 2.14. The summed E-state index contributed by atoms with van der Waals surface area (Å²) in [6.45, 7) is 7.20. The number of ether oxygens (including phenoxy) is 1. The van der Waals surface area contributed by atoms with Gasteiger partial charge in [0.2, 0.25) is 0 Å². The molecule has 0 N–H and O–H groups in total. The first-order chi connectivity index (χ1) is 7.57. The van der Waals surface area contributed by atoms with Crippen LogP contribution in [-0.4, -0.2) is 17.2 Å². The predicted molar refractivity (Wildman–Crippen MR) is 70.3 cm³/mol. The van der Waals surface area contributed by atoms with Crippen molar-refractivity contribution in [3.63, 3.8) is 0 Å². The van der Waals surface area contributed by atoms with Crippen LogP contribution in [0.15, 0.2) is 5.38 Å². The zero-order chi connectivity index (χ0) is 12.0. The Kier molecular flexibility index (Phi) is 5.73. The summed E-state index contributed by atoms with van der Waals surface area (Å²) in [6.07, 6.45) is 3.06. The molecule has 0 aliphatic carbocycles. The Hall–Kier alpha value is -0.120. The Labute approximate surface area is 107 Å². The molecule has 0 bridgehead atoms. The molecule has 0 spiro atoms. The average molecular weight is 262 g/mol. The Morgan fingerprint density at radius 3 is 2.81 bits per heavy atom. The van der Waals surface area contributed by atoms with Gasteiger partial charge in [-0.2, -0.15) is 0 Å². The van der Waals surface area contributed by atoms with E-state index < -0.39 is 0 Å². The standard InChI is InChI=1S/C12H20ClNOS/c1-4-12(2,3)15-7-5-6-11-14-10(8-13)9-16-11/h9H,4-8H2,1-3H3. The van der Waals surface area contributed by atoms with E-state index in [1.807, 2.05) is 5.38 Å². The first-order valence-electron chi connectivity index (χ1n) is 5.70. The third-order valence-electron chi connectivity index (χ3n) is 2.62. The second-order valence-electron chi connectivity index (χ2n) is 4.43. The fourth-order valence-corrected chi connectivity index (χ4v) is 2.27. The van der Waals surface area contributed by atoms with Gasteiger partial charge in [-0.25, -0.2) is 4.98 Å². The molecule has 0 unspecified atom stereocenters. The number of halogens is 1.